The summed E-state index contributed by atoms with van der Waals surface area (Å²) in [4.78, 5) is 30.2. The highest BCUT2D eigenvalue weighted by Crippen LogP contribution is 2.30. The van der Waals surface area contributed by atoms with Crippen molar-refractivity contribution in [2.24, 2.45) is 0 Å². The fourth-order valence-electron chi connectivity index (χ4n) is 3.92. The maximum atomic E-state index is 13.6. The van der Waals surface area contributed by atoms with Crippen LogP contribution in [0, 0.1) is 0 Å². The number of methoxy groups -OCH3 is 1. The predicted octanol–water partition coefficient (Wildman–Crippen LogP) is 4.17. The molecule has 1 aliphatic carbocycles. The third-order valence-corrected chi connectivity index (χ3v) is 5.55. The first-order chi connectivity index (χ1) is 15.3. The Labute approximate surface area is 184 Å². The molecule has 2 aromatic rings. The molecule has 1 aliphatic rings. The van der Waals surface area contributed by atoms with E-state index in [0.717, 1.165) is 32.1 Å². The Balaban J connectivity index is 1.97. The smallest absolute Gasteiger partial charge is 0.471 e. The van der Waals surface area contributed by atoms with Gasteiger partial charge >= 0.3 is 12.1 Å². The Morgan fingerprint density at radius 2 is 1.72 bits per heavy atom. The quantitative estimate of drug-likeness (QED) is 0.689. The average Bonchev–Trinajstić information content (AvgIpc) is 2.79. The molecule has 0 bridgehead atoms. The van der Waals surface area contributed by atoms with E-state index < -0.39 is 30.6 Å². The number of nitrogens with one attached hydrogen (secondary N) is 1. The number of nitrogens with zero attached hydrogens (tertiary/aromatic N) is 2. The molecule has 1 atom stereocenters. The third-order valence-electron chi connectivity index (χ3n) is 5.55. The minimum Gasteiger partial charge on any atom is -0.497 e. The number of rotatable bonds is 7. The first kappa shape index (κ1) is 23.6. The number of alkyl halides is 3. The lowest BCUT2D eigenvalue weighted by atomic mass is 9.94. The van der Waals surface area contributed by atoms with E-state index in [-0.39, 0.29) is 11.6 Å². The van der Waals surface area contributed by atoms with Gasteiger partial charge in [-0.05, 0) is 48.2 Å². The molecule has 9 heteroatoms. The molecule has 0 spiro atoms. The molecule has 1 aromatic carbocycles. The van der Waals surface area contributed by atoms with E-state index in [0.29, 0.717) is 16.2 Å². The van der Waals surface area contributed by atoms with Crippen molar-refractivity contribution >= 4 is 11.8 Å². The Bertz CT molecular complexity index is 898. The van der Waals surface area contributed by atoms with E-state index in [1.54, 1.807) is 24.3 Å². The van der Waals surface area contributed by atoms with Crippen molar-refractivity contribution in [3.8, 4) is 5.75 Å². The molecule has 0 unspecified atom stereocenters. The zero-order chi connectivity index (χ0) is 23.1. The summed E-state index contributed by atoms with van der Waals surface area (Å²) in [5, 5.41) is 2.87. The molecular weight excluding hydrogens is 423 g/mol. The van der Waals surface area contributed by atoms with Gasteiger partial charge in [0.15, 0.2) is 0 Å². The van der Waals surface area contributed by atoms with Gasteiger partial charge in [0, 0.05) is 25.0 Å². The van der Waals surface area contributed by atoms with E-state index >= 15 is 0 Å². The van der Waals surface area contributed by atoms with E-state index in [2.05, 4.69) is 10.3 Å². The molecule has 6 nitrogen and oxygen atoms in total. The molecule has 172 valence electrons. The zero-order valence-electron chi connectivity index (χ0n) is 17.8. The molecular formula is C23H26F3N3O3. The second-order valence-electron chi connectivity index (χ2n) is 7.81. The van der Waals surface area contributed by atoms with Crippen LogP contribution in [-0.2, 0) is 16.1 Å². The summed E-state index contributed by atoms with van der Waals surface area (Å²) in [6.07, 6.45) is 2.13. The number of aromatic nitrogens is 1. The van der Waals surface area contributed by atoms with Crippen molar-refractivity contribution in [2.75, 3.05) is 7.11 Å². The number of ether oxygens (including phenoxy) is 1. The molecule has 3 rings (SSSR count). The minimum atomic E-state index is -5.14. The van der Waals surface area contributed by atoms with Crippen molar-refractivity contribution < 1.29 is 27.5 Å². The second-order valence-corrected chi connectivity index (χ2v) is 7.81. The standard InChI is InChI=1S/C23H26F3N3O3/c1-32-19-9-7-16(8-10-19)15-29(22(31)23(24,25)26)20(17-11-13-27-14-12-17)21(30)28-18-5-3-2-4-6-18/h7-14,18,20H,2-6,15H2,1H3,(H,28,30)/t20-/m0/s1. The Morgan fingerprint density at radius 3 is 2.28 bits per heavy atom. The molecule has 32 heavy (non-hydrogen) atoms. The Morgan fingerprint density at radius 1 is 1.09 bits per heavy atom. The largest absolute Gasteiger partial charge is 0.497 e. The summed E-state index contributed by atoms with van der Waals surface area (Å²) >= 11 is 0. The fraction of sp³-hybridized carbons (Fsp3) is 0.435. The number of benzene rings is 1. The average molecular weight is 449 g/mol. The van der Waals surface area contributed by atoms with Crippen LogP contribution in [-0.4, -0.2) is 41.0 Å². The lowest BCUT2D eigenvalue weighted by Gasteiger charge is -2.33. The van der Waals surface area contributed by atoms with Gasteiger partial charge in [-0.25, -0.2) is 0 Å². The van der Waals surface area contributed by atoms with Crippen LogP contribution in [0.2, 0.25) is 0 Å². The Kier molecular flexibility index (Phi) is 7.71. The molecule has 0 saturated heterocycles. The highest BCUT2D eigenvalue weighted by atomic mass is 19.4. The minimum absolute atomic E-state index is 0.121. The van der Waals surface area contributed by atoms with Gasteiger partial charge in [-0.2, -0.15) is 13.2 Å². The van der Waals surface area contributed by atoms with Crippen LogP contribution >= 0.6 is 0 Å². The van der Waals surface area contributed by atoms with Gasteiger partial charge in [0.1, 0.15) is 11.8 Å². The number of carbonyl (C=O) groups excluding carboxylic acids is 2. The van der Waals surface area contributed by atoms with E-state index in [4.69, 9.17) is 4.74 Å². The summed E-state index contributed by atoms with van der Waals surface area (Å²) in [6, 6.07) is 7.66. The molecule has 0 aliphatic heterocycles. The first-order valence-electron chi connectivity index (χ1n) is 10.5. The van der Waals surface area contributed by atoms with Gasteiger partial charge in [0.05, 0.1) is 7.11 Å². The van der Waals surface area contributed by atoms with Crippen molar-refractivity contribution in [3.63, 3.8) is 0 Å². The summed E-state index contributed by atoms with van der Waals surface area (Å²) in [6.45, 7) is -0.395. The topological polar surface area (TPSA) is 71.5 Å². The maximum Gasteiger partial charge on any atom is 0.471 e. The van der Waals surface area contributed by atoms with E-state index in [9.17, 15) is 22.8 Å². The first-order valence-corrected chi connectivity index (χ1v) is 10.5. The highest BCUT2D eigenvalue weighted by Gasteiger charge is 2.46. The van der Waals surface area contributed by atoms with Gasteiger partial charge in [-0.1, -0.05) is 31.4 Å². The molecule has 0 radical (unpaired) electrons. The number of hydrogen-bond donors (Lipinski definition) is 1. The van der Waals surface area contributed by atoms with Crippen molar-refractivity contribution in [1.29, 1.82) is 0 Å². The number of amides is 2. The van der Waals surface area contributed by atoms with Crippen LogP contribution in [0.5, 0.6) is 5.75 Å². The second kappa shape index (κ2) is 10.5. The van der Waals surface area contributed by atoms with Crippen LogP contribution in [0.15, 0.2) is 48.8 Å². The van der Waals surface area contributed by atoms with E-state index in [1.807, 2.05) is 0 Å². The normalized spacial score (nSPS) is 15.6. The van der Waals surface area contributed by atoms with Crippen LogP contribution < -0.4 is 10.1 Å². The Hall–Kier alpha value is -3.10. The van der Waals surface area contributed by atoms with Gasteiger partial charge in [0.2, 0.25) is 5.91 Å². The van der Waals surface area contributed by atoms with E-state index in [1.165, 1.54) is 31.6 Å². The number of halogens is 3. The van der Waals surface area contributed by atoms with Crippen molar-refractivity contribution in [2.45, 2.75) is 56.9 Å². The van der Waals surface area contributed by atoms with Gasteiger partial charge < -0.3 is 15.0 Å². The SMILES string of the molecule is COc1ccc(CN(C(=O)C(F)(F)F)[C@H](C(=O)NC2CCCCC2)c2ccncc2)cc1. The van der Waals surface area contributed by atoms with Crippen LogP contribution in [0.25, 0.3) is 0 Å². The number of pyridine rings is 1. The highest BCUT2D eigenvalue weighted by molar-refractivity contribution is 5.90. The maximum absolute atomic E-state index is 13.6. The van der Waals surface area contributed by atoms with Crippen molar-refractivity contribution in [1.82, 2.24) is 15.2 Å². The molecule has 1 heterocycles. The zero-order valence-corrected chi connectivity index (χ0v) is 17.8. The molecule has 1 N–H and O–H groups in total. The summed E-state index contributed by atoms with van der Waals surface area (Å²) < 4.78 is 45.8. The summed E-state index contributed by atoms with van der Waals surface area (Å²) in [5.41, 5.74) is 0.701. The monoisotopic (exact) mass is 449 g/mol. The molecule has 1 saturated carbocycles. The molecule has 2 amide bonds. The van der Waals surface area contributed by atoms with Crippen LogP contribution in [0.1, 0.15) is 49.3 Å². The fourth-order valence-corrected chi connectivity index (χ4v) is 3.92. The lowest BCUT2D eigenvalue weighted by Crippen LogP contribution is -2.50. The van der Waals surface area contributed by atoms with Gasteiger partial charge in [-0.3, -0.25) is 14.6 Å². The number of carbonyl (C=O) groups is 2. The number of hydrogen-bond acceptors (Lipinski definition) is 4. The predicted molar refractivity (Wildman–Crippen MR) is 112 cm³/mol. The van der Waals surface area contributed by atoms with Gasteiger partial charge in [-0.15, -0.1) is 0 Å². The van der Waals surface area contributed by atoms with Gasteiger partial charge in [0.25, 0.3) is 0 Å². The summed E-state index contributed by atoms with van der Waals surface area (Å²) in [5.74, 6) is -2.17. The lowest BCUT2D eigenvalue weighted by molar-refractivity contribution is -0.189. The van der Waals surface area contributed by atoms with Crippen LogP contribution in [0.4, 0.5) is 13.2 Å². The van der Waals surface area contributed by atoms with Crippen LogP contribution in [0.3, 0.4) is 0 Å². The van der Waals surface area contributed by atoms with Crippen molar-refractivity contribution in [3.05, 3.63) is 59.9 Å². The molecule has 1 aromatic heterocycles. The summed E-state index contributed by atoms with van der Waals surface area (Å²) in [7, 11) is 1.48. The third kappa shape index (κ3) is 5.99. The molecule has 1 fully saturated rings.